The van der Waals surface area contributed by atoms with Crippen LogP contribution in [0, 0.1) is 0 Å². The van der Waals surface area contributed by atoms with E-state index < -0.39 is 0 Å². The van der Waals surface area contributed by atoms with Crippen LogP contribution in [-0.2, 0) is 0 Å². The Kier molecular flexibility index (Phi) is 8.23. The van der Waals surface area contributed by atoms with E-state index >= 15 is 0 Å². The van der Waals surface area contributed by atoms with E-state index in [9.17, 15) is 0 Å². The molecule has 2 heteroatoms. The minimum atomic E-state index is 1.14. The molecule has 0 aliphatic heterocycles. The van der Waals surface area contributed by atoms with Gasteiger partial charge in [0.25, 0.3) is 0 Å². The fourth-order valence-electron chi connectivity index (χ4n) is 3.48. The smallest absolute Gasteiger partial charge is 0.0237 e. The van der Waals surface area contributed by atoms with Crippen LogP contribution < -0.4 is 0 Å². The Labute approximate surface area is 118 Å². The predicted molar refractivity (Wildman–Crippen MR) is 89.3 cm³/mol. The first-order valence-corrected chi connectivity index (χ1v) is 11.0. The topological polar surface area (TPSA) is 0 Å². The third-order valence-corrected chi connectivity index (χ3v) is 8.27. The van der Waals surface area contributed by atoms with Crippen LogP contribution in [0.3, 0.4) is 0 Å². The highest BCUT2D eigenvalue weighted by Crippen LogP contribution is 2.35. The van der Waals surface area contributed by atoms with Crippen molar-refractivity contribution in [3.05, 3.63) is 0 Å². The molecule has 2 unspecified atom stereocenters. The van der Waals surface area contributed by atoms with Crippen molar-refractivity contribution in [1.82, 2.24) is 0 Å². The van der Waals surface area contributed by atoms with E-state index in [1.807, 2.05) is 0 Å². The summed E-state index contributed by atoms with van der Waals surface area (Å²) in [4.78, 5) is 0. The van der Waals surface area contributed by atoms with Gasteiger partial charge in [0.2, 0.25) is 0 Å². The Morgan fingerprint density at radius 1 is 0.556 bits per heavy atom. The summed E-state index contributed by atoms with van der Waals surface area (Å²) >= 11 is 0. The molecule has 0 bridgehead atoms. The molecule has 0 amide bonds. The molecule has 0 heterocycles. The largest absolute Gasteiger partial charge is 0.119 e. The molecule has 2 fully saturated rings. The molecule has 2 atom stereocenters. The van der Waals surface area contributed by atoms with E-state index in [0.29, 0.717) is 0 Å². The van der Waals surface area contributed by atoms with Crippen LogP contribution in [0.2, 0.25) is 0 Å². The summed E-state index contributed by atoms with van der Waals surface area (Å²) in [6.07, 6.45) is 21.6. The second-order valence-corrected chi connectivity index (χ2v) is 9.73. The molecular formula is C16H32P2. The molecule has 106 valence electrons. The molecular weight excluding hydrogens is 254 g/mol. The van der Waals surface area contributed by atoms with Gasteiger partial charge >= 0.3 is 0 Å². The minimum absolute atomic E-state index is 1.14. The van der Waals surface area contributed by atoms with Crippen LogP contribution in [0.4, 0.5) is 0 Å². The zero-order valence-corrected chi connectivity index (χ0v) is 14.1. The van der Waals surface area contributed by atoms with Gasteiger partial charge in [-0.25, -0.2) is 0 Å². The Morgan fingerprint density at radius 2 is 0.944 bits per heavy atom. The maximum atomic E-state index is 1.56. The fraction of sp³-hybridized carbons (Fsp3) is 1.00. The van der Waals surface area contributed by atoms with Crippen molar-refractivity contribution >= 4 is 17.2 Å². The van der Waals surface area contributed by atoms with E-state index in [2.05, 4.69) is 0 Å². The highest BCUT2D eigenvalue weighted by molar-refractivity contribution is 7.39. The summed E-state index contributed by atoms with van der Waals surface area (Å²) in [5.41, 5.74) is 2.28. The lowest BCUT2D eigenvalue weighted by atomic mass is 10.0. The van der Waals surface area contributed by atoms with Crippen LogP contribution in [0.25, 0.3) is 0 Å². The summed E-state index contributed by atoms with van der Waals surface area (Å²) < 4.78 is 0. The molecule has 0 spiro atoms. The molecule has 0 nitrogen and oxygen atoms in total. The number of rotatable bonds is 7. The maximum absolute atomic E-state index is 1.56. The van der Waals surface area contributed by atoms with Crippen molar-refractivity contribution in [1.29, 1.82) is 0 Å². The lowest BCUT2D eigenvalue weighted by Gasteiger charge is -2.22. The van der Waals surface area contributed by atoms with Crippen molar-refractivity contribution < 1.29 is 0 Å². The van der Waals surface area contributed by atoms with Crippen molar-refractivity contribution in [3.63, 3.8) is 0 Å². The second kappa shape index (κ2) is 9.72. The van der Waals surface area contributed by atoms with Gasteiger partial charge < -0.3 is 0 Å². The Morgan fingerprint density at radius 3 is 1.33 bits per heavy atom. The molecule has 18 heavy (non-hydrogen) atoms. The summed E-state index contributed by atoms with van der Waals surface area (Å²) in [7, 11) is 2.60. The normalized spacial score (nSPS) is 24.7. The average Bonchev–Trinajstić information content (AvgIpc) is 2.45. The van der Waals surface area contributed by atoms with Gasteiger partial charge in [-0.3, -0.25) is 0 Å². The van der Waals surface area contributed by atoms with Crippen LogP contribution in [0.1, 0.15) is 77.0 Å². The Bertz CT molecular complexity index is 171. The highest BCUT2D eigenvalue weighted by Gasteiger charge is 2.13. The monoisotopic (exact) mass is 286 g/mol. The molecule has 0 N–H and O–H groups in total. The van der Waals surface area contributed by atoms with Crippen LogP contribution in [-0.4, -0.2) is 23.6 Å². The van der Waals surface area contributed by atoms with Crippen LogP contribution >= 0.6 is 17.2 Å². The second-order valence-electron chi connectivity index (χ2n) is 6.29. The van der Waals surface area contributed by atoms with Crippen LogP contribution in [0.5, 0.6) is 0 Å². The molecule has 2 saturated carbocycles. The van der Waals surface area contributed by atoms with Crippen molar-refractivity contribution in [2.45, 2.75) is 88.4 Å². The van der Waals surface area contributed by atoms with Gasteiger partial charge in [0.1, 0.15) is 0 Å². The standard InChI is InChI=1S/C16H32P2/c1-3-9-15(10-4-1)17-13-7-8-14-18-16-11-5-2-6-12-16/h15-18H,1-14H2. The summed E-state index contributed by atoms with van der Waals surface area (Å²) in [5, 5.41) is 0. The molecule has 0 saturated heterocycles. The van der Waals surface area contributed by atoms with E-state index in [4.69, 9.17) is 0 Å². The van der Waals surface area contributed by atoms with Gasteiger partial charge in [0.15, 0.2) is 0 Å². The molecule has 2 aliphatic carbocycles. The van der Waals surface area contributed by atoms with Gasteiger partial charge in [0, 0.05) is 0 Å². The Hall–Kier alpha value is 0.860. The number of hydrogen-bond acceptors (Lipinski definition) is 0. The molecule has 0 aromatic heterocycles. The third kappa shape index (κ3) is 6.34. The maximum Gasteiger partial charge on any atom is -0.0237 e. The number of hydrogen-bond donors (Lipinski definition) is 0. The molecule has 0 aromatic carbocycles. The zero-order valence-electron chi connectivity index (χ0n) is 12.1. The van der Waals surface area contributed by atoms with Gasteiger partial charge in [0.05, 0.1) is 0 Å². The van der Waals surface area contributed by atoms with Gasteiger partial charge in [-0.1, -0.05) is 38.5 Å². The summed E-state index contributed by atoms with van der Waals surface area (Å²) in [6, 6.07) is 0. The summed E-state index contributed by atoms with van der Waals surface area (Å²) in [5.74, 6) is 0. The lowest BCUT2D eigenvalue weighted by Crippen LogP contribution is -2.07. The zero-order chi connectivity index (χ0) is 12.5. The van der Waals surface area contributed by atoms with Crippen molar-refractivity contribution in [2.24, 2.45) is 0 Å². The predicted octanol–water partition coefficient (Wildman–Crippen LogP) is 5.79. The quantitative estimate of drug-likeness (QED) is 0.410. The highest BCUT2D eigenvalue weighted by atomic mass is 31.1. The average molecular weight is 286 g/mol. The molecule has 0 aromatic rings. The first kappa shape index (κ1) is 15.3. The van der Waals surface area contributed by atoms with E-state index in [-0.39, 0.29) is 0 Å². The first-order valence-electron chi connectivity index (χ1n) is 8.42. The summed E-state index contributed by atoms with van der Waals surface area (Å²) in [6.45, 7) is 0. The fourth-order valence-corrected chi connectivity index (χ4v) is 6.83. The lowest BCUT2D eigenvalue weighted by molar-refractivity contribution is 0.512. The minimum Gasteiger partial charge on any atom is -0.119 e. The van der Waals surface area contributed by atoms with Crippen LogP contribution in [0.15, 0.2) is 0 Å². The van der Waals surface area contributed by atoms with Crippen molar-refractivity contribution in [3.8, 4) is 0 Å². The van der Waals surface area contributed by atoms with E-state index in [1.165, 1.54) is 68.5 Å². The van der Waals surface area contributed by atoms with Gasteiger partial charge in [-0.15, -0.1) is 17.2 Å². The third-order valence-electron chi connectivity index (χ3n) is 4.68. The number of unbranched alkanes of at least 4 members (excludes halogenated alkanes) is 1. The van der Waals surface area contributed by atoms with E-state index in [0.717, 1.165) is 11.3 Å². The molecule has 0 radical (unpaired) electrons. The van der Waals surface area contributed by atoms with Gasteiger partial charge in [-0.05, 0) is 62.2 Å². The van der Waals surface area contributed by atoms with Crippen molar-refractivity contribution in [2.75, 3.05) is 12.3 Å². The van der Waals surface area contributed by atoms with E-state index in [1.54, 1.807) is 38.0 Å². The molecule has 2 aliphatic rings. The SMILES string of the molecule is C1CCC(PCCCCPC2CCCCC2)CC1. The molecule has 2 rings (SSSR count). The van der Waals surface area contributed by atoms with Gasteiger partial charge in [-0.2, -0.15) is 0 Å². The Balaban J connectivity index is 1.39. The first-order chi connectivity index (χ1) is 8.95.